The monoisotopic (exact) mass is 341 g/mol. The second-order valence-electron chi connectivity index (χ2n) is 4.28. The quantitative estimate of drug-likeness (QED) is 0.345. The number of aliphatic carboxylic acids is 2. The van der Waals surface area contributed by atoms with Crippen LogP contribution in [0.2, 0.25) is 0 Å². The highest BCUT2D eigenvalue weighted by atomic mass is 31.2. The first-order chi connectivity index (χ1) is 9.87. The third-order valence-corrected chi connectivity index (χ3v) is 3.80. The summed E-state index contributed by atoms with van der Waals surface area (Å²) in [5.41, 5.74) is -9.48. The number of Topliss-reactive ketones (excluding diaryl/α,β-unsaturated/α-hetero) is 1. The second-order valence-corrected chi connectivity index (χ2v) is 5.93. The number of ketones is 1. The Morgan fingerprint density at radius 1 is 1.23 bits per heavy atom. The highest BCUT2D eigenvalue weighted by Gasteiger charge is 2.66. The van der Waals surface area contributed by atoms with E-state index in [1.54, 1.807) is 0 Å². The molecule has 12 heteroatoms. The third kappa shape index (κ3) is 2.78. The van der Waals surface area contributed by atoms with Crippen molar-refractivity contribution in [3.05, 3.63) is 24.0 Å². The molecule has 0 aliphatic rings. The van der Waals surface area contributed by atoms with Crippen LogP contribution in [0.15, 0.2) is 18.3 Å². The lowest BCUT2D eigenvalue weighted by molar-refractivity contribution is -0.161. The molecule has 0 fully saturated rings. The summed E-state index contributed by atoms with van der Waals surface area (Å²) in [5.74, 6) is -6.92. The molecule has 0 spiro atoms. The van der Waals surface area contributed by atoms with Crippen LogP contribution in [-0.2, 0) is 24.4 Å². The first-order valence-corrected chi connectivity index (χ1v) is 7.06. The number of hydrogen-bond donors (Lipinski definition) is 5. The predicted molar refractivity (Wildman–Crippen MR) is 64.4 cm³/mol. The summed E-state index contributed by atoms with van der Waals surface area (Å²) in [5, 5.41) is 17.9. The molecular weight excluding hydrogens is 331 g/mol. The van der Waals surface area contributed by atoms with Crippen molar-refractivity contribution in [1.29, 1.82) is 0 Å². The highest BCUT2D eigenvalue weighted by molar-refractivity contribution is 7.54. The second kappa shape index (κ2) is 5.59. The van der Waals surface area contributed by atoms with Crippen LogP contribution in [0.25, 0.3) is 0 Å². The molecule has 0 amide bonds. The Hall–Kier alpha value is -2.10. The molecule has 22 heavy (non-hydrogen) atoms. The Kier molecular flexibility index (Phi) is 4.56. The van der Waals surface area contributed by atoms with Crippen molar-refractivity contribution < 1.29 is 47.7 Å². The third-order valence-electron chi connectivity index (χ3n) is 2.87. The van der Waals surface area contributed by atoms with Crippen LogP contribution in [0.5, 0.6) is 0 Å². The molecule has 122 valence electrons. The summed E-state index contributed by atoms with van der Waals surface area (Å²) in [4.78, 5) is 53.4. The first-order valence-electron chi connectivity index (χ1n) is 5.44. The number of carbonyl (C=O) groups is 3. The van der Waals surface area contributed by atoms with Crippen molar-refractivity contribution in [3.63, 3.8) is 0 Å². The van der Waals surface area contributed by atoms with Crippen LogP contribution < -0.4 is 0 Å². The van der Waals surface area contributed by atoms with Gasteiger partial charge >= 0.3 is 25.2 Å². The van der Waals surface area contributed by atoms with E-state index >= 15 is 0 Å². The zero-order chi connectivity index (χ0) is 17.3. The van der Waals surface area contributed by atoms with Crippen LogP contribution in [-0.4, -0.2) is 48.4 Å². The number of rotatable bonds is 7. The number of carboxylic acids is 2. The minimum atomic E-state index is -6.36. The van der Waals surface area contributed by atoms with E-state index in [1.165, 1.54) is 0 Å². The van der Waals surface area contributed by atoms with Crippen LogP contribution in [0.1, 0.15) is 12.1 Å². The summed E-state index contributed by atoms with van der Waals surface area (Å²) in [7, 11) is -6.36. The van der Waals surface area contributed by atoms with Gasteiger partial charge in [0, 0.05) is 11.9 Å². The van der Waals surface area contributed by atoms with E-state index < -0.39 is 48.5 Å². The van der Waals surface area contributed by atoms with Crippen molar-refractivity contribution in [2.75, 3.05) is 0 Å². The fourth-order valence-corrected chi connectivity index (χ4v) is 2.25. The lowest BCUT2D eigenvalue weighted by atomic mass is 9.77. The van der Waals surface area contributed by atoms with Gasteiger partial charge in [0.05, 0.1) is 6.42 Å². The summed E-state index contributed by atoms with van der Waals surface area (Å²) in [6.07, 6.45) is -0.588. The van der Waals surface area contributed by atoms with Crippen molar-refractivity contribution in [2.45, 2.75) is 17.5 Å². The largest absolute Gasteiger partial charge is 0.481 e. The Bertz CT molecular complexity index is 652. The first kappa shape index (κ1) is 18.0. The van der Waals surface area contributed by atoms with Crippen LogP contribution >= 0.6 is 7.60 Å². The summed E-state index contributed by atoms with van der Waals surface area (Å²) < 4.78 is 38.1. The van der Waals surface area contributed by atoms with Gasteiger partial charge in [-0.25, -0.2) is 0 Å². The van der Waals surface area contributed by atoms with Gasteiger partial charge in [-0.15, -0.1) is 0 Å². The number of aromatic amines is 1. The molecule has 5 N–H and O–H groups in total. The van der Waals surface area contributed by atoms with Gasteiger partial charge in [0.1, 0.15) is 0 Å². The maximum Gasteiger partial charge on any atom is 0.404 e. The lowest BCUT2D eigenvalue weighted by Crippen LogP contribution is -2.53. The number of aromatic nitrogens is 1. The Morgan fingerprint density at radius 2 is 1.77 bits per heavy atom. The number of nitrogens with one attached hydrogen (secondary N) is 1. The lowest BCUT2D eigenvalue weighted by Gasteiger charge is -2.29. The Morgan fingerprint density at radius 3 is 2.09 bits per heavy atom. The smallest absolute Gasteiger partial charge is 0.404 e. The standard InChI is InChI=1S/C10H10F2NO8P/c11-10(12,22(19,20)21)7(16)9(8(17)18,4-6(14)15)5-2-1-3-13-5/h1-3,13H,4H2,(H,14,15)(H,17,18)(H2,19,20,21). The molecule has 0 aromatic carbocycles. The van der Waals surface area contributed by atoms with Gasteiger partial charge in [-0.2, -0.15) is 8.78 Å². The number of hydrogen-bond acceptors (Lipinski definition) is 4. The average molecular weight is 341 g/mol. The Balaban J connectivity index is 3.64. The molecule has 1 rings (SSSR count). The molecule has 1 aromatic rings. The van der Waals surface area contributed by atoms with Crippen LogP contribution in [0.4, 0.5) is 8.78 Å². The summed E-state index contributed by atoms with van der Waals surface area (Å²) in [6.45, 7) is 0. The molecule has 1 aromatic heterocycles. The average Bonchev–Trinajstić information content (AvgIpc) is 2.86. The fraction of sp³-hybridized carbons (Fsp3) is 0.300. The predicted octanol–water partition coefficient (Wildman–Crippen LogP) is 0.151. The van der Waals surface area contributed by atoms with Crippen molar-refractivity contribution in [3.8, 4) is 0 Å². The molecule has 1 heterocycles. The fourth-order valence-electron chi connectivity index (χ4n) is 1.80. The zero-order valence-electron chi connectivity index (χ0n) is 10.6. The van der Waals surface area contributed by atoms with Gasteiger partial charge in [-0.1, -0.05) is 0 Å². The van der Waals surface area contributed by atoms with Gasteiger partial charge in [0.15, 0.2) is 5.41 Å². The van der Waals surface area contributed by atoms with E-state index in [1.807, 2.05) is 0 Å². The highest BCUT2D eigenvalue weighted by Crippen LogP contribution is 2.56. The van der Waals surface area contributed by atoms with Crippen LogP contribution in [0, 0.1) is 0 Å². The molecule has 0 saturated heterocycles. The minimum Gasteiger partial charge on any atom is -0.481 e. The number of H-pyrrole nitrogens is 1. The molecule has 0 aliphatic carbocycles. The van der Waals surface area contributed by atoms with Crippen LogP contribution in [0.3, 0.4) is 0 Å². The molecule has 9 nitrogen and oxygen atoms in total. The van der Waals surface area contributed by atoms with E-state index in [2.05, 4.69) is 4.98 Å². The summed E-state index contributed by atoms with van der Waals surface area (Å²) in [6, 6.07) is 1.96. The number of halogens is 2. The van der Waals surface area contributed by atoms with Crippen molar-refractivity contribution in [1.82, 2.24) is 4.98 Å². The maximum atomic E-state index is 13.6. The molecule has 1 atom stereocenters. The van der Waals surface area contributed by atoms with E-state index in [4.69, 9.17) is 20.0 Å². The molecule has 0 bridgehead atoms. The van der Waals surface area contributed by atoms with Gasteiger partial charge in [0.2, 0.25) is 5.78 Å². The van der Waals surface area contributed by atoms with Crippen molar-refractivity contribution >= 4 is 25.3 Å². The van der Waals surface area contributed by atoms with Crippen molar-refractivity contribution in [2.24, 2.45) is 0 Å². The number of carboxylic acid groups (broad SMARTS) is 2. The van der Waals surface area contributed by atoms with E-state index in [9.17, 15) is 27.7 Å². The number of alkyl halides is 2. The van der Waals surface area contributed by atoms with Gasteiger partial charge < -0.3 is 25.0 Å². The molecule has 0 radical (unpaired) electrons. The van der Waals surface area contributed by atoms with E-state index in [-0.39, 0.29) is 0 Å². The zero-order valence-corrected chi connectivity index (χ0v) is 11.5. The maximum absolute atomic E-state index is 13.6. The Labute approximate surface area is 120 Å². The molecule has 1 unspecified atom stereocenters. The molecule has 0 aliphatic heterocycles. The summed E-state index contributed by atoms with van der Waals surface area (Å²) >= 11 is 0. The van der Waals surface area contributed by atoms with E-state index in [0.29, 0.717) is 0 Å². The number of carbonyl (C=O) groups excluding carboxylic acids is 1. The van der Waals surface area contributed by atoms with Gasteiger partial charge in [-0.05, 0) is 12.1 Å². The van der Waals surface area contributed by atoms with E-state index in [0.717, 1.165) is 18.3 Å². The topological polar surface area (TPSA) is 165 Å². The SMILES string of the molecule is O=C(O)CC(C(=O)O)(C(=O)C(F)(F)P(=O)(O)O)c1ccc[nH]1. The van der Waals surface area contributed by atoms with Gasteiger partial charge in [0.25, 0.3) is 0 Å². The van der Waals surface area contributed by atoms with Gasteiger partial charge in [-0.3, -0.25) is 18.9 Å². The minimum absolute atomic E-state index is 0.736. The molecular formula is C10H10F2NO8P. The molecule has 0 saturated carbocycles. The normalized spacial score (nSPS) is 15.1.